The molecule has 0 unspecified atom stereocenters. The quantitative estimate of drug-likeness (QED) is 0.0808. The summed E-state index contributed by atoms with van der Waals surface area (Å²) in [6.45, 7) is 27.4. The van der Waals surface area contributed by atoms with Crippen LogP contribution in [-0.4, -0.2) is 19.4 Å². The number of carbonyl (C=O) groups excluding carboxylic acids is 2. The average molecular weight is 928 g/mol. The Morgan fingerprint density at radius 2 is 0.912 bits per heavy atom. The van der Waals surface area contributed by atoms with Gasteiger partial charge in [-0.25, -0.2) is 0 Å². The molecule has 0 amide bonds. The molecule has 5 aromatic carbocycles. The molecular weight excluding hydrogens is 894 g/mol. The van der Waals surface area contributed by atoms with Gasteiger partial charge in [0.25, 0.3) is 0 Å². The maximum absolute atomic E-state index is 11.2. The second kappa shape index (κ2) is 28.9. The van der Waals surface area contributed by atoms with Crippen LogP contribution >= 0.6 is 23.2 Å². The Labute approximate surface area is 407 Å². The second-order valence-corrected chi connectivity index (χ2v) is 12.6. The van der Waals surface area contributed by atoms with Gasteiger partial charge in [0.1, 0.15) is 64.2 Å². The van der Waals surface area contributed by atoms with Gasteiger partial charge in [-0.15, -0.1) is 0 Å². The molecule has 0 N–H and O–H groups in total. The molecule has 0 heterocycles. The van der Waals surface area contributed by atoms with E-state index in [-0.39, 0.29) is 55.5 Å². The third-order valence-electron chi connectivity index (χ3n) is 8.37. The second-order valence-electron chi connectivity index (χ2n) is 11.8. The van der Waals surface area contributed by atoms with Crippen LogP contribution in [0, 0.1) is 127 Å². The van der Waals surface area contributed by atoms with Gasteiger partial charge in [-0.1, -0.05) is 118 Å². The van der Waals surface area contributed by atoms with Gasteiger partial charge in [-0.3, -0.25) is 19.3 Å². The molecule has 0 saturated heterocycles. The fraction of sp³-hybridized carbons (Fsp3) is 0.0588. The van der Waals surface area contributed by atoms with Gasteiger partial charge in [0.2, 0.25) is 11.6 Å². The van der Waals surface area contributed by atoms with Gasteiger partial charge in [-0.2, -0.15) is 51.8 Å². The van der Waals surface area contributed by atoms with Crippen LogP contribution in [0.3, 0.4) is 0 Å². The molecule has 1 aliphatic rings. The molecular formula is C51H29BCl2N12O2. The molecule has 6 rings (SSSR count). The first-order valence-corrected chi connectivity index (χ1v) is 18.3. The highest BCUT2D eigenvalue weighted by atomic mass is 35.5. The Kier molecular flexibility index (Phi) is 22.8. The van der Waals surface area contributed by atoms with Crippen molar-refractivity contribution in [3.8, 4) is 48.6 Å². The monoisotopic (exact) mass is 926 g/mol. The third-order valence-corrected chi connectivity index (χ3v) is 9.18. The molecule has 322 valence electrons. The van der Waals surface area contributed by atoms with E-state index < -0.39 is 32.8 Å². The summed E-state index contributed by atoms with van der Waals surface area (Å²) in [7, 11) is 4.51. The van der Waals surface area contributed by atoms with Gasteiger partial charge in [0.05, 0.1) is 72.7 Å². The molecule has 68 heavy (non-hydrogen) atoms. The molecule has 2 radical (unpaired) electrons. The van der Waals surface area contributed by atoms with Crippen molar-refractivity contribution in [2.75, 3.05) is 0 Å². The SMILES string of the molecule is C.C.N#CC1=C(C#N)C(=O)C(Cl)=C(Cl)C1=O.N#Cc1ccc(C#N)c2ccccc12.[2H][2H].[3H]C[B].[C-]#[N+]C([N+]#[C-])=c1ccc(=c2ccc(=C(C#N)C#N)cc2)cc1.[C-]#[N+]c1cc(C#N)c(C#N)cc1[N+]#[C-]. The van der Waals surface area contributed by atoms with Crippen molar-refractivity contribution in [2.45, 2.75) is 21.7 Å². The van der Waals surface area contributed by atoms with E-state index in [0.717, 1.165) is 21.2 Å². The number of benzene rings is 5. The number of nitrogens with zero attached hydrogens (tertiary/aromatic N) is 12. The molecule has 0 spiro atoms. The fourth-order valence-electron chi connectivity index (χ4n) is 5.24. The van der Waals surface area contributed by atoms with Gasteiger partial charge in [0, 0.05) is 20.3 Å². The lowest BCUT2D eigenvalue weighted by atomic mass is 9.96. The van der Waals surface area contributed by atoms with E-state index in [0.29, 0.717) is 21.6 Å². The number of halogens is 2. The number of hydrogen-bond acceptors (Lipinski definition) is 10. The fourth-order valence-corrected chi connectivity index (χ4v) is 5.60. The third kappa shape index (κ3) is 13.7. The first-order chi connectivity index (χ1) is 33.3. The molecule has 0 aliphatic heterocycles. The van der Waals surface area contributed by atoms with Crippen LogP contribution in [0.4, 0.5) is 11.4 Å². The molecule has 0 bridgehead atoms. The zero-order valence-corrected chi connectivity index (χ0v) is 35.0. The average Bonchev–Trinajstić information content (AvgIpc) is 3.40. The number of fused-ring (bicyclic) bond motifs is 1. The van der Waals surface area contributed by atoms with E-state index >= 15 is 0 Å². The lowest BCUT2D eigenvalue weighted by Gasteiger charge is -2.08. The van der Waals surface area contributed by atoms with E-state index in [2.05, 4.69) is 39.4 Å². The van der Waals surface area contributed by atoms with Crippen LogP contribution in [0.5, 0.6) is 0 Å². The Hall–Kier alpha value is -10.6. The van der Waals surface area contributed by atoms with E-state index in [9.17, 15) is 9.59 Å². The molecule has 17 heteroatoms. The molecule has 0 atom stereocenters. The molecule has 0 aromatic heterocycles. The maximum atomic E-state index is 11.2. The summed E-state index contributed by atoms with van der Waals surface area (Å²) in [6, 6.07) is 42.0. The first kappa shape index (κ1) is 53.6. The zero-order chi connectivity index (χ0) is 52.1. The van der Waals surface area contributed by atoms with Crippen LogP contribution in [0.25, 0.3) is 41.5 Å². The molecule has 0 saturated carbocycles. The lowest BCUT2D eigenvalue weighted by molar-refractivity contribution is -0.115. The topological polar surface area (TPSA) is 242 Å². The van der Waals surface area contributed by atoms with Crippen LogP contribution in [0.2, 0.25) is 6.80 Å². The lowest BCUT2D eigenvalue weighted by Crippen LogP contribution is -2.18. The van der Waals surface area contributed by atoms with Crippen molar-refractivity contribution in [1.29, 1.82) is 42.1 Å². The summed E-state index contributed by atoms with van der Waals surface area (Å²) < 4.78 is 16.0. The largest absolute Gasteiger partial charge is 0.526 e. The zero-order valence-electron chi connectivity index (χ0n) is 36.5. The summed E-state index contributed by atoms with van der Waals surface area (Å²) in [6.07, 6.45) is 0. The minimum atomic E-state index is -0.893. The standard InChI is InChI=1S/C18H8N4.C12H6N2.C10H2N4.C8Cl2N2O2.CH3B.2CH4.H2/c1-21-18(22-2)16-9-7-14(8-10-16)13-3-5-15(6-4-13)17(11-19)12-20;13-7-9-5-6-10(8-14)12-4-2-1-3-11(9)12;1-13-9-3-7(5-11)8(6-12)4-10(9)14-2;9-5-6(10)8(14)4(2-12)3(1-11)7(5)13;1-2;;;/h3-10H;1-6H;3-4H;;1H3;2*1H4;1H/i;;;;1T;;;1+1D. The number of ketones is 2. The van der Waals surface area contributed by atoms with Crippen LogP contribution in [0.15, 0.2) is 118 Å². The summed E-state index contributed by atoms with van der Waals surface area (Å²) in [5, 5.41) is 73.4. The summed E-state index contributed by atoms with van der Waals surface area (Å²) in [5.41, 5.74) is 0.649. The minimum Gasteiger partial charge on any atom is -0.287 e. The van der Waals surface area contributed by atoms with Crippen molar-refractivity contribution in [1.82, 2.24) is 0 Å². The number of rotatable bonds is 0. The Bertz CT molecular complexity index is 3350. The predicted octanol–water partition coefficient (Wildman–Crippen LogP) is 10.1. The summed E-state index contributed by atoms with van der Waals surface area (Å²) in [5.74, 6) is -1.74. The smallest absolute Gasteiger partial charge is 0.287 e. The Morgan fingerprint density at radius 1 is 0.574 bits per heavy atom. The molecule has 0 fully saturated rings. The highest BCUT2D eigenvalue weighted by Gasteiger charge is 2.33. The predicted molar refractivity (Wildman–Crippen MR) is 257 cm³/mol. The summed E-state index contributed by atoms with van der Waals surface area (Å²) >= 11 is 10.8. The van der Waals surface area contributed by atoms with E-state index in [4.69, 9.17) is 95.9 Å². The Morgan fingerprint density at radius 3 is 1.19 bits per heavy atom. The number of allylic oxidation sites excluding steroid dienone is 4. The van der Waals surface area contributed by atoms with Crippen LogP contribution in [-0.2, 0) is 9.59 Å². The van der Waals surface area contributed by atoms with Crippen molar-refractivity contribution < 1.29 is 13.9 Å². The molecule has 1 aliphatic carbocycles. The number of Topliss-reactive ketones (excluding diaryl/α,β-unsaturated/α-hetero) is 2. The van der Waals surface area contributed by atoms with E-state index in [1.165, 1.54) is 24.3 Å². The molecule has 5 aromatic rings. The minimum absolute atomic E-state index is 0. The first-order valence-electron chi connectivity index (χ1n) is 19.3. The normalized spacial score (nSPS) is 10.2. The van der Waals surface area contributed by atoms with Crippen LogP contribution < -0.4 is 10.4 Å². The molecule has 14 nitrogen and oxygen atoms in total. The van der Waals surface area contributed by atoms with Crippen LogP contribution in [0.1, 0.15) is 41.4 Å². The van der Waals surface area contributed by atoms with Gasteiger partial charge < -0.3 is 0 Å². The van der Waals surface area contributed by atoms with Crippen molar-refractivity contribution in [3.05, 3.63) is 207 Å². The van der Waals surface area contributed by atoms with Crippen molar-refractivity contribution in [3.63, 3.8) is 0 Å². The van der Waals surface area contributed by atoms with Gasteiger partial charge >= 0.3 is 5.82 Å². The number of carbonyl (C=O) groups is 2. The van der Waals surface area contributed by atoms with E-state index in [1.807, 2.05) is 60.7 Å². The highest BCUT2D eigenvalue weighted by molar-refractivity contribution is 6.59. The van der Waals surface area contributed by atoms with Gasteiger partial charge in [0.15, 0.2) is 11.4 Å². The summed E-state index contributed by atoms with van der Waals surface area (Å²) in [4.78, 5) is 35.0. The van der Waals surface area contributed by atoms with Crippen molar-refractivity contribution in [2.24, 2.45) is 0 Å². The van der Waals surface area contributed by atoms with Crippen molar-refractivity contribution >= 4 is 76.2 Å². The van der Waals surface area contributed by atoms with Gasteiger partial charge in [-0.05, 0) is 34.7 Å². The van der Waals surface area contributed by atoms with E-state index in [1.54, 1.807) is 48.5 Å². The number of hydrogen-bond donors (Lipinski definition) is 0. The number of nitriles is 8. The maximum Gasteiger partial charge on any atom is 0.526 e. The highest BCUT2D eigenvalue weighted by Crippen LogP contribution is 2.31. The Balaban J connectivity index is 0.